The molecule has 4 aromatic rings. The molecule has 5 nitrogen and oxygen atoms in total. The van der Waals surface area contributed by atoms with Crippen molar-refractivity contribution in [3.05, 3.63) is 70.7 Å². The first-order valence-electron chi connectivity index (χ1n) is 11.4. The van der Waals surface area contributed by atoms with Crippen molar-refractivity contribution in [1.29, 1.82) is 0 Å². The predicted molar refractivity (Wildman–Crippen MR) is 131 cm³/mol. The highest BCUT2D eigenvalue weighted by molar-refractivity contribution is 6.41. The molecule has 1 saturated heterocycles. The highest BCUT2D eigenvalue weighted by Gasteiger charge is 2.54. The van der Waals surface area contributed by atoms with Crippen LogP contribution in [0.1, 0.15) is 38.3 Å². The molecule has 1 aliphatic heterocycles. The SMILES string of the molecule is CC1(C)O[C@@H]2[C@@H](CCc3ccc4cc(Cl)c(Cl)nc4c3)C[C@@H](n3ccc4cnccc43)[C@@H]2O1. The number of pyridine rings is 2. The van der Waals surface area contributed by atoms with Crippen molar-refractivity contribution in [3.8, 4) is 0 Å². The quantitative estimate of drug-likeness (QED) is 0.308. The van der Waals surface area contributed by atoms with E-state index in [0.29, 0.717) is 16.1 Å². The van der Waals surface area contributed by atoms with Crippen molar-refractivity contribution < 1.29 is 9.47 Å². The summed E-state index contributed by atoms with van der Waals surface area (Å²) in [5.41, 5.74) is 3.31. The predicted octanol–water partition coefficient (Wildman–Crippen LogP) is 6.61. The summed E-state index contributed by atoms with van der Waals surface area (Å²) in [7, 11) is 0. The lowest BCUT2D eigenvalue weighted by atomic mass is 9.95. The zero-order valence-electron chi connectivity index (χ0n) is 18.5. The topological polar surface area (TPSA) is 49.2 Å². The smallest absolute Gasteiger partial charge is 0.163 e. The monoisotopic (exact) mass is 481 g/mol. The number of hydrogen-bond donors (Lipinski definition) is 0. The van der Waals surface area contributed by atoms with Gasteiger partial charge in [0.15, 0.2) is 5.79 Å². The van der Waals surface area contributed by atoms with Gasteiger partial charge in [-0.05, 0) is 68.9 Å². The minimum atomic E-state index is -0.570. The van der Waals surface area contributed by atoms with Gasteiger partial charge >= 0.3 is 0 Å². The fourth-order valence-electron chi connectivity index (χ4n) is 5.58. The Bertz CT molecular complexity index is 1350. The molecule has 170 valence electrons. The molecule has 0 N–H and O–H groups in total. The molecule has 0 amide bonds. The summed E-state index contributed by atoms with van der Waals surface area (Å²) >= 11 is 12.3. The average Bonchev–Trinajstić information content (AvgIpc) is 3.44. The molecule has 6 rings (SSSR count). The van der Waals surface area contributed by atoms with Crippen LogP contribution in [0.5, 0.6) is 0 Å². The first kappa shape index (κ1) is 21.4. The Hall–Kier alpha value is -2.18. The van der Waals surface area contributed by atoms with Crippen LogP contribution < -0.4 is 0 Å². The molecule has 4 atom stereocenters. The van der Waals surface area contributed by atoms with Crippen LogP contribution in [0, 0.1) is 5.92 Å². The molecular weight excluding hydrogens is 457 g/mol. The van der Waals surface area contributed by atoms with Crippen LogP contribution in [0.4, 0.5) is 0 Å². The van der Waals surface area contributed by atoms with E-state index in [1.807, 2.05) is 32.3 Å². The van der Waals surface area contributed by atoms with Crippen molar-refractivity contribution in [1.82, 2.24) is 14.5 Å². The lowest BCUT2D eigenvalue weighted by Crippen LogP contribution is -2.27. The van der Waals surface area contributed by atoms with E-state index < -0.39 is 5.79 Å². The van der Waals surface area contributed by atoms with E-state index in [1.54, 1.807) is 0 Å². The fraction of sp³-hybridized carbons (Fsp3) is 0.385. The van der Waals surface area contributed by atoms with Crippen molar-refractivity contribution >= 4 is 45.0 Å². The molecular formula is C26H25Cl2N3O2. The minimum Gasteiger partial charge on any atom is -0.344 e. The Morgan fingerprint density at radius 3 is 2.79 bits per heavy atom. The first-order valence-corrected chi connectivity index (χ1v) is 12.1. The summed E-state index contributed by atoms with van der Waals surface area (Å²) in [5, 5.41) is 2.97. The molecule has 2 fully saturated rings. The number of rotatable bonds is 4. The van der Waals surface area contributed by atoms with Gasteiger partial charge in [-0.1, -0.05) is 35.3 Å². The third-order valence-electron chi connectivity index (χ3n) is 7.03. The zero-order chi connectivity index (χ0) is 22.7. The third kappa shape index (κ3) is 3.81. The normalized spacial score (nSPS) is 26.3. The van der Waals surface area contributed by atoms with Crippen LogP contribution in [-0.4, -0.2) is 32.5 Å². The summed E-state index contributed by atoms with van der Waals surface area (Å²) in [4.78, 5) is 8.71. The van der Waals surface area contributed by atoms with Gasteiger partial charge in [0.25, 0.3) is 0 Å². The van der Waals surface area contributed by atoms with Gasteiger partial charge in [-0.15, -0.1) is 0 Å². The molecule has 3 aromatic heterocycles. The number of benzene rings is 1. The van der Waals surface area contributed by atoms with Gasteiger partial charge < -0.3 is 14.0 Å². The van der Waals surface area contributed by atoms with Crippen LogP contribution in [0.15, 0.2) is 55.0 Å². The van der Waals surface area contributed by atoms with Gasteiger partial charge in [-0.3, -0.25) is 4.98 Å². The van der Waals surface area contributed by atoms with Gasteiger partial charge in [0.1, 0.15) is 11.3 Å². The number of aromatic nitrogens is 3. The second-order valence-corrected chi connectivity index (χ2v) is 10.4. The molecule has 1 saturated carbocycles. The summed E-state index contributed by atoms with van der Waals surface area (Å²) < 4.78 is 15.2. The highest BCUT2D eigenvalue weighted by Crippen LogP contribution is 2.49. The third-order valence-corrected chi connectivity index (χ3v) is 7.70. The van der Waals surface area contributed by atoms with Gasteiger partial charge in [0.2, 0.25) is 0 Å². The van der Waals surface area contributed by atoms with E-state index in [0.717, 1.165) is 35.6 Å². The largest absolute Gasteiger partial charge is 0.344 e. The Morgan fingerprint density at radius 1 is 1.06 bits per heavy atom. The summed E-state index contributed by atoms with van der Waals surface area (Å²) in [6.07, 6.45) is 9.03. The van der Waals surface area contributed by atoms with E-state index >= 15 is 0 Å². The molecule has 33 heavy (non-hydrogen) atoms. The second kappa shape index (κ2) is 7.95. The molecule has 2 aliphatic rings. The van der Waals surface area contributed by atoms with E-state index in [1.165, 1.54) is 11.1 Å². The molecule has 0 radical (unpaired) electrons. The highest BCUT2D eigenvalue weighted by atomic mass is 35.5. The molecule has 0 unspecified atom stereocenters. The molecule has 0 bridgehead atoms. The summed E-state index contributed by atoms with van der Waals surface area (Å²) in [6.45, 7) is 4.03. The van der Waals surface area contributed by atoms with Crippen molar-refractivity contribution in [2.24, 2.45) is 5.92 Å². The standard InChI is InChI=1S/C26H25Cl2N3O2/c1-26(2)32-23-17(6-4-15-3-5-16-12-19(27)25(28)30-20(16)11-15)13-22(24(23)33-26)31-10-8-18-14-29-9-7-21(18)31/h3,5,7-12,14,17,22-24H,4,6,13H2,1-2H3/t17-,22+,23+,24-/m0/s1. The number of halogens is 2. The van der Waals surface area contributed by atoms with Gasteiger partial charge in [-0.25, -0.2) is 4.98 Å². The second-order valence-electron chi connectivity index (χ2n) is 9.61. The van der Waals surface area contributed by atoms with E-state index in [4.69, 9.17) is 32.7 Å². The molecule has 0 spiro atoms. The Balaban J connectivity index is 1.26. The van der Waals surface area contributed by atoms with Gasteiger partial charge in [0, 0.05) is 29.4 Å². The maximum absolute atomic E-state index is 6.43. The molecule has 1 aromatic carbocycles. The minimum absolute atomic E-state index is 0.0352. The van der Waals surface area contributed by atoms with Crippen LogP contribution in [0.25, 0.3) is 21.8 Å². The number of hydrogen-bond acceptors (Lipinski definition) is 4. The van der Waals surface area contributed by atoms with Crippen molar-refractivity contribution in [2.45, 2.75) is 57.1 Å². The van der Waals surface area contributed by atoms with Crippen LogP contribution in [0.3, 0.4) is 0 Å². The lowest BCUT2D eigenvalue weighted by molar-refractivity contribution is -0.160. The zero-order valence-corrected chi connectivity index (χ0v) is 20.1. The van der Waals surface area contributed by atoms with Crippen molar-refractivity contribution in [2.75, 3.05) is 0 Å². The van der Waals surface area contributed by atoms with E-state index in [-0.39, 0.29) is 18.2 Å². The summed E-state index contributed by atoms with van der Waals surface area (Å²) in [5.74, 6) is -0.168. The van der Waals surface area contributed by atoms with E-state index in [2.05, 4.69) is 51.1 Å². The average molecular weight is 482 g/mol. The van der Waals surface area contributed by atoms with E-state index in [9.17, 15) is 0 Å². The number of ether oxygens (including phenoxy) is 2. The number of aryl methyl sites for hydroxylation is 1. The fourth-order valence-corrected chi connectivity index (χ4v) is 5.88. The van der Waals surface area contributed by atoms with Crippen LogP contribution in [0.2, 0.25) is 10.2 Å². The molecule has 1 aliphatic carbocycles. The lowest BCUT2D eigenvalue weighted by Gasteiger charge is -2.25. The Labute approximate surface area is 202 Å². The van der Waals surface area contributed by atoms with Gasteiger partial charge in [0.05, 0.1) is 28.2 Å². The number of nitrogens with zero attached hydrogens (tertiary/aromatic N) is 3. The Morgan fingerprint density at radius 2 is 1.91 bits per heavy atom. The maximum Gasteiger partial charge on any atom is 0.163 e. The van der Waals surface area contributed by atoms with Crippen LogP contribution >= 0.6 is 23.2 Å². The van der Waals surface area contributed by atoms with Crippen molar-refractivity contribution in [3.63, 3.8) is 0 Å². The summed E-state index contributed by atoms with van der Waals surface area (Å²) in [6, 6.07) is 12.7. The van der Waals surface area contributed by atoms with Gasteiger partial charge in [-0.2, -0.15) is 0 Å². The Kier molecular flexibility index (Phi) is 5.15. The molecule has 4 heterocycles. The number of fused-ring (bicyclic) bond motifs is 3. The van der Waals surface area contributed by atoms with Crippen LogP contribution in [-0.2, 0) is 15.9 Å². The maximum atomic E-state index is 6.43. The first-order chi connectivity index (χ1) is 15.9. The molecule has 7 heteroatoms.